The lowest BCUT2D eigenvalue weighted by Crippen LogP contribution is -2.51. The summed E-state index contributed by atoms with van der Waals surface area (Å²) in [7, 11) is -3.92. The lowest BCUT2D eigenvalue weighted by molar-refractivity contribution is -0.134. The van der Waals surface area contributed by atoms with E-state index in [2.05, 4.69) is 4.98 Å². The lowest BCUT2D eigenvalue weighted by Gasteiger charge is -2.30. The van der Waals surface area contributed by atoms with Crippen LogP contribution in [0.15, 0.2) is 53.7 Å². The Morgan fingerprint density at radius 2 is 1.79 bits per heavy atom. The molecule has 2 aromatic rings. The number of rotatable bonds is 5. The van der Waals surface area contributed by atoms with Crippen LogP contribution in [0.4, 0.5) is 0 Å². The Kier molecular flexibility index (Phi) is 6.28. The Balaban J connectivity index is 1.86. The van der Waals surface area contributed by atoms with Crippen molar-refractivity contribution < 1.29 is 23.2 Å². The SMILES string of the molecule is CC1CCCCN(S(=O)(=O)c2ccc(Oc3ccncc3)cc2)C1C(=O)NO. The summed E-state index contributed by atoms with van der Waals surface area (Å²) in [6.07, 6.45) is 5.38. The Bertz CT molecular complexity index is 903. The zero-order valence-electron chi connectivity index (χ0n) is 15.5. The normalized spacial score (nSPS) is 20.9. The lowest BCUT2D eigenvalue weighted by atomic mass is 9.97. The topological polar surface area (TPSA) is 109 Å². The molecule has 0 bridgehead atoms. The molecule has 1 saturated heterocycles. The molecule has 2 N–H and O–H groups in total. The maximum atomic E-state index is 13.2. The van der Waals surface area contributed by atoms with Gasteiger partial charge >= 0.3 is 0 Å². The summed E-state index contributed by atoms with van der Waals surface area (Å²) in [5.74, 6) is 0.153. The Morgan fingerprint density at radius 3 is 2.43 bits per heavy atom. The molecular weight excluding hydrogens is 382 g/mol. The summed E-state index contributed by atoms with van der Waals surface area (Å²) in [5.41, 5.74) is 1.61. The molecule has 0 aliphatic carbocycles. The van der Waals surface area contributed by atoms with Crippen LogP contribution < -0.4 is 10.2 Å². The van der Waals surface area contributed by atoms with Crippen LogP contribution in [0, 0.1) is 5.92 Å². The van der Waals surface area contributed by atoms with Gasteiger partial charge in [0.2, 0.25) is 10.0 Å². The van der Waals surface area contributed by atoms with Crippen molar-refractivity contribution in [3.8, 4) is 11.5 Å². The van der Waals surface area contributed by atoms with Crippen LogP contribution in [0.2, 0.25) is 0 Å². The predicted molar refractivity (Wildman–Crippen MR) is 101 cm³/mol. The first-order valence-electron chi connectivity index (χ1n) is 9.07. The van der Waals surface area contributed by atoms with Crippen molar-refractivity contribution in [2.24, 2.45) is 5.92 Å². The summed E-state index contributed by atoms with van der Waals surface area (Å²) in [4.78, 5) is 16.2. The van der Waals surface area contributed by atoms with Crippen molar-refractivity contribution in [1.29, 1.82) is 0 Å². The number of hydroxylamine groups is 1. The largest absolute Gasteiger partial charge is 0.457 e. The molecule has 1 aromatic heterocycles. The Labute approximate surface area is 164 Å². The zero-order valence-corrected chi connectivity index (χ0v) is 16.3. The highest BCUT2D eigenvalue weighted by atomic mass is 32.2. The van der Waals surface area contributed by atoms with Gasteiger partial charge in [-0.3, -0.25) is 15.0 Å². The first kappa shape index (κ1) is 20.2. The van der Waals surface area contributed by atoms with Gasteiger partial charge < -0.3 is 4.74 Å². The van der Waals surface area contributed by atoms with E-state index >= 15 is 0 Å². The first-order valence-corrected chi connectivity index (χ1v) is 10.5. The molecule has 0 spiro atoms. The molecule has 1 fully saturated rings. The number of aromatic nitrogens is 1. The van der Waals surface area contributed by atoms with Crippen LogP contribution in [0.25, 0.3) is 0 Å². The van der Waals surface area contributed by atoms with Gasteiger partial charge in [-0.15, -0.1) is 0 Å². The summed E-state index contributed by atoms with van der Waals surface area (Å²) in [6.45, 7) is 2.04. The fourth-order valence-electron chi connectivity index (χ4n) is 3.40. The van der Waals surface area contributed by atoms with E-state index in [0.29, 0.717) is 24.3 Å². The van der Waals surface area contributed by atoms with Crippen molar-refractivity contribution in [3.05, 3.63) is 48.8 Å². The third-order valence-electron chi connectivity index (χ3n) is 4.83. The van der Waals surface area contributed by atoms with E-state index in [1.54, 1.807) is 42.1 Å². The number of hydrogen-bond acceptors (Lipinski definition) is 6. The molecule has 2 atom stereocenters. The van der Waals surface area contributed by atoms with Crippen LogP contribution in [-0.4, -0.2) is 41.4 Å². The number of amides is 1. The van der Waals surface area contributed by atoms with E-state index in [9.17, 15) is 13.2 Å². The summed E-state index contributed by atoms with van der Waals surface area (Å²) in [5, 5.41) is 9.09. The minimum atomic E-state index is -3.92. The third kappa shape index (κ3) is 4.32. The van der Waals surface area contributed by atoms with Gasteiger partial charge in [0.25, 0.3) is 5.91 Å². The maximum Gasteiger partial charge on any atom is 0.262 e. The number of sulfonamides is 1. The quantitative estimate of drug-likeness (QED) is 0.585. The second-order valence-corrected chi connectivity index (χ2v) is 8.66. The van der Waals surface area contributed by atoms with Crippen molar-refractivity contribution in [2.75, 3.05) is 6.54 Å². The van der Waals surface area contributed by atoms with E-state index in [1.165, 1.54) is 16.4 Å². The molecule has 28 heavy (non-hydrogen) atoms. The number of pyridine rings is 1. The van der Waals surface area contributed by atoms with Gasteiger partial charge in [0, 0.05) is 18.9 Å². The molecule has 2 heterocycles. The highest BCUT2D eigenvalue weighted by molar-refractivity contribution is 7.89. The molecular formula is C19H23N3O5S. The summed E-state index contributed by atoms with van der Waals surface area (Å²) >= 11 is 0. The molecule has 8 nitrogen and oxygen atoms in total. The van der Waals surface area contributed by atoms with Gasteiger partial charge in [-0.05, 0) is 55.2 Å². The summed E-state index contributed by atoms with van der Waals surface area (Å²) in [6, 6.07) is 8.48. The van der Waals surface area contributed by atoms with E-state index < -0.39 is 22.0 Å². The highest BCUT2D eigenvalue weighted by Gasteiger charge is 2.40. The number of nitrogens with one attached hydrogen (secondary N) is 1. The second-order valence-electron chi connectivity index (χ2n) is 6.77. The summed E-state index contributed by atoms with van der Waals surface area (Å²) < 4.78 is 33.3. The molecule has 1 amide bonds. The van der Waals surface area contributed by atoms with Gasteiger partial charge in [0.1, 0.15) is 17.5 Å². The van der Waals surface area contributed by atoms with E-state index in [-0.39, 0.29) is 17.4 Å². The van der Waals surface area contributed by atoms with Crippen molar-refractivity contribution in [1.82, 2.24) is 14.8 Å². The van der Waals surface area contributed by atoms with Crippen LogP contribution in [0.5, 0.6) is 11.5 Å². The Morgan fingerprint density at radius 1 is 1.14 bits per heavy atom. The minimum absolute atomic E-state index is 0.0689. The minimum Gasteiger partial charge on any atom is -0.457 e. The molecule has 2 unspecified atom stereocenters. The van der Waals surface area contributed by atoms with Gasteiger partial charge in [0.15, 0.2) is 0 Å². The van der Waals surface area contributed by atoms with Crippen LogP contribution in [-0.2, 0) is 14.8 Å². The fraction of sp³-hybridized carbons (Fsp3) is 0.368. The molecule has 1 aliphatic rings. The predicted octanol–water partition coefficient (Wildman–Crippen LogP) is 2.56. The molecule has 0 saturated carbocycles. The van der Waals surface area contributed by atoms with Crippen LogP contribution in [0.1, 0.15) is 26.2 Å². The van der Waals surface area contributed by atoms with Gasteiger partial charge in [-0.2, -0.15) is 4.31 Å². The monoisotopic (exact) mass is 405 g/mol. The van der Waals surface area contributed by atoms with E-state index in [0.717, 1.165) is 6.42 Å². The van der Waals surface area contributed by atoms with Crippen LogP contribution >= 0.6 is 0 Å². The first-order chi connectivity index (χ1) is 13.4. The number of benzene rings is 1. The number of hydrogen-bond donors (Lipinski definition) is 2. The number of nitrogens with zero attached hydrogens (tertiary/aromatic N) is 2. The van der Waals surface area contributed by atoms with Gasteiger partial charge in [-0.1, -0.05) is 13.3 Å². The molecule has 1 aliphatic heterocycles. The fourth-order valence-corrected chi connectivity index (χ4v) is 5.12. The third-order valence-corrected chi connectivity index (χ3v) is 6.73. The van der Waals surface area contributed by atoms with Crippen LogP contribution in [0.3, 0.4) is 0 Å². The standard InChI is InChI=1S/C19H23N3O5S/c1-14-4-2-3-13-22(18(14)19(23)21-24)28(25,26)17-7-5-15(6-8-17)27-16-9-11-20-12-10-16/h5-12,14,18,24H,2-4,13H2,1H3,(H,21,23). The average Bonchev–Trinajstić information content (AvgIpc) is 2.90. The zero-order chi connectivity index (χ0) is 20.1. The average molecular weight is 405 g/mol. The van der Waals surface area contributed by atoms with Crippen molar-refractivity contribution >= 4 is 15.9 Å². The number of ether oxygens (including phenoxy) is 1. The molecule has 3 rings (SSSR count). The van der Waals surface area contributed by atoms with Gasteiger partial charge in [0.05, 0.1) is 4.90 Å². The van der Waals surface area contributed by atoms with Crippen molar-refractivity contribution in [2.45, 2.75) is 37.1 Å². The highest BCUT2D eigenvalue weighted by Crippen LogP contribution is 2.30. The van der Waals surface area contributed by atoms with E-state index in [4.69, 9.17) is 9.94 Å². The maximum absolute atomic E-state index is 13.2. The molecule has 9 heteroatoms. The Hall–Kier alpha value is -2.49. The number of carbonyl (C=O) groups is 1. The molecule has 1 aromatic carbocycles. The smallest absolute Gasteiger partial charge is 0.262 e. The number of carbonyl (C=O) groups excluding carboxylic acids is 1. The second kappa shape index (κ2) is 8.68. The molecule has 150 valence electrons. The van der Waals surface area contributed by atoms with Crippen molar-refractivity contribution in [3.63, 3.8) is 0 Å². The molecule has 0 radical (unpaired) electrons. The van der Waals surface area contributed by atoms with Gasteiger partial charge in [-0.25, -0.2) is 13.9 Å². The van der Waals surface area contributed by atoms with E-state index in [1.807, 2.05) is 6.92 Å².